The fourth-order valence-corrected chi connectivity index (χ4v) is 4.13. The molecule has 0 radical (unpaired) electrons. The highest BCUT2D eigenvalue weighted by Gasteiger charge is 2.11. The normalized spacial score (nSPS) is 11.8. The molecular weight excluding hydrogens is 470 g/mol. The zero-order chi connectivity index (χ0) is 27.7. The SMILES string of the molecule is CCC(=O)CCC(=O)CCC(=O)CCC(=O)CCNC(=O)CCCCCCCCCCCCCC(C)O. The highest BCUT2D eigenvalue weighted by atomic mass is 16.3. The number of ketones is 4. The van der Waals surface area contributed by atoms with Gasteiger partial charge in [0.1, 0.15) is 23.1 Å². The Balaban J connectivity index is 3.52. The van der Waals surface area contributed by atoms with Crippen molar-refractivity contribution in [3.05, 3.63) is 0 Å². The van der Waals surface area contributed by atoms with Crippen LogP contribution in [0.25, 0.3) is 0 Å². The largest absolute Gasteiger partial charge is 0.393 e. The van der Waals surface area contributed by atoms with Crippen LogP contribution >= 0.6 is 0 Å². The van der Waals surface area contributed by atoms with Crippen molar-refractivity contribution < 1.29 is 29.1 Å². The maximum absolute atomic E-state index is 12.0. The highest BCUT2D eigenvalue weighted by Crippen LogP contribution is 2.13. The Hall–Kier alpha value is -1.89. The first-order valence-electron chi connectivity index (χ1n) is 14.8. The quantitative estimate of drug-likeness (QED) is 0.128. The molecule has 7 heteroatoms. The Morgan fingerprint density at radius 3 is 1.35 bits per heavy atom. The van der Waals surface area contributed by atoms with Gasteiger partial charge in [0, 0.05) is 64.3 Å². The molecule has 0 heterocycles. The van der Waals surface area contributed by atoms with Crippen molar-refractivity contribution in [3.63, 3.8) is 0 Å². The smallest absolute Gasteiger partial charge is 0.220 e. The lowest BCUT2D eigenvalue weighted by atomic mass is 10.0. The second-order valence-electron chi connectivity index (χ2n) is 10.4. The first kappa shape index (κ1) is 35.1. The standard InChI is InChI=1S/C30H53NO6/c1-3-26(33)17-18-27(34)19-20-28(35)21-22-29(36)23-24-31-30(37)16-14-12-10-8-6-4-5-7-9-11-13-15-25(2)32/h25,32H,3-24H2,1-2H3,(H,31,37). The average molecular weight is 524 g/mol. The van der Waals surface area contributed by atoms with E-state index >= 15 is 0 Å². The maximum Gasteiger partial charge on any atom is 0.220 e. The molecule has 0 aromatic carbocycles. The van der Waals surface area contributed by atoms with Crippen LogP contribution in [0.1, 0.15) is 149 Å². The van der Waals surface area contributed by atoms with Gasteiger partial charge in [-0.1, -0.05) is 71.1 Å². The summed E-state index contributed by atoms with van der Waals surface area (Å²) in [5.74, 6) is -0.244. The minimum Gasteiger partial charge on any atom is -0.393 e. The second kappa shape index (κ2) is 24.4. The van der Waals surface area contributed by atoms with E-state index in [0.717, 1.165) is 32.1 Å². The van der Waals surface area contributed by atoms with E-state index in [1.54, 1.807) is 6.92 Å². The Kier molecular flexibility index (Phi) is 23.2. The molecule has 0 rings (SSSR count). The fourth-order valence-electron chi connectivity index (χ4n) is 4.13. The van der Waals surface area contributed by atoms with Crippen LogP contribution < -0.4 is 5.32 Å². The predicted octanol–water partition coefficient (Wildman–Crippen LogP) is 5.97. The number of aliphatic hydroxyl groups excluding tert-OH is 1. The van der Waals surface area contributed by atoms with Gasteiger partial charge in [0.25, 0.3) is 0 Å². The molecule has 0 spiro atoms. The van der Waals surface area contributed by atoms with E-state index in [4.69, 9.17) is 0 Å². The predicted molar refractivity (Wildman–Crippen MR) is 147 cm³/mol. The number of amides is 1. The Labute approximate surface area is 224 Å². The summed E-state index contributed by atoms with van der Waals surface area (Å²) in [6.07, 6.45) is 15.8. The number of hydrogen-bond donors (Lipinski definition) is 2. The summed E-state index contributed by atoms with van der Waals surface area (Å²) in [6, 6.07) is 0. The molecule has 2 N–H and O–H groups in total. The number of Topliss-reactive ketones (excluding diaryl/α,β-unsaturated/α-hetero) is 4. The van der Waals surface area contributed by atoms with E-state index in [-0.39, 0.29) is 80.1 Å². The van der Waals surface area contributed by atoms with Crippen molar-refractivity contribution >= 4 is 29.0 Å². The number of carbonyl (C=O) groups is 5. The summed E-state index contributed by atoms with van der Waals surface area (Å²) in [6.45, 7) is 3.91. The molecule has 1 unspecified atom stereocenters. The van der Waals surface area contributed by atoms with Gasteiger partial charge >= 0.3 is 0 Å². The van der Waals surface area contributed by atoms with E-state index in [1.807, 2.05) is 6.92 Å². The topological polar surface area (TPSA) is 118 Å². The summed E-state index contributed by atoms with van der Waals surface area (Å²) in [5, 5.41) is 12.0. The lowest BCUT2D eigenvalue weighted by Crippen LogP contribution is -2.25. The number of carbonyl (C=O) groups excluding carboxylic acids is 5. The van der Waals surface area contributed by atoms with Gasteiger partial charge in [-0.05, 0) is 19.8 Å². The fraction of sp³-hybridized carbons (Fsp3) is 0.833. The summed E-state index contributed by atoms with van der Waals surface area (Å²) < 4.78 is 0. The van der Waals surface area contributed by atoms with Gasteiger partial charge in [0.2, 0.25) is 5.91 Å². The summed E-state index contributed by atoms with van der Waals surface area (Å²) in [7, 11) is 0. The van der Waals surface area contributed by atoms with Gasteiger partial charge in [-0.2, -0.15) is 0 Å². The molecule has 0 aliphatic carbocycles. The summed E-state index contributed by atoms with van der Waals surface area (Å²) in [5.41, 5.74) is 0. The molecule has 37 heavy (non-hydrogen) atoms. The Morgan fingerprint density at radius 1 is 0.541 bits per heavy atom. The third-order valence-corrected chi connectivity index (χ3v) is 6.69. The molecule has 0 fully saturated rings. The number of hydrogen-bond acceptors (Lipinski definition) is 6. The number of aliphatic hydroxyl groups is 1. The van der Waals surface area contributed by atoms with Crippen LogP contribution in [-0.4, -0.2) is 46.8 Å². The van der Waals surface area contributed by atoms with Gasteiger partial charge in [-0.25, -0.2) is 0 Å². The molecule has 0 bridgehead atoms. The van der Waals surface area contributed by atoms with E-state index in [0.29, 0.717) is 19.4 Å². The minimum absolute atomic E-state index is 0.0282. The molecule has 0 aliphatic rings. The number of unbranched alkanes of at least 4 members (excludes halogenated alkanes) is 10. The third kappa shape index (κ3) is 25.5. The summed E-state index contributed by atoms with van der Waals surface area (Å²) in [4.78, 5) is 58.7. The van der Waals surface area contributed by atoms with Crippen molar-refractivity contribution in [3.8, 4) is 0 Å². The second-order valence-corrected chi connectivity index (χ2v) is 10.4. The molecule has 7 nitrogen and oxygen atoms in total. The van der Waals surface area contributed by atoms with Crippen molar-refractivity contribution in [2.75, 3.05) is 6.54 Å². The average Bonchev–Trinajstić information content (AvgIpc) is 2.87. The molecule has 0 saturated carbocycles. The van der Waals surface area contributed by atoms with Gasteiger partial charge in [-0.3, -0.25) is 24.0 Å². The van der Waals surface area contributed by atoms with E-state index < -0.39 is 0 Å². The van der Waals surface area contributed by atoms with Gasteiger partial charge in [-0.15, -0.1) is 0 Å². The molecular formula is C30H53NO6. The van der Waals surface area contributed by atoms with Crippen LogP contribution in [0.2, 0.25) is 0 Å². The first-order valence-corrected chi connectivity index (χ1v) is 14.8. The van der Waals surface area contributed by atoms with Crippen molar-refractivity contribution in [2.24, 2.45) is 0 Å². The highest BCUT2D eigenvalue weighted by molar-refractivity contribution is 5.90. The number of nitrogens with one attached hydrogen (secondary N) is 1. The van der Waals surface area contributed by atoms with Crippen LogP contribution in [0, 0.1) is 0 Å². The lowest BCUT2D eigenvalue weighted by molar-refractivity contribution is -0.127. The van der Waals surface area contributed by atoms with Crippen LogP contribution in [-0.2, 0) is 24.0 Å². The molecule has 0 aromatic heterocycles. The molecule has 1 amide bonds. The van der Waals surface area contributed by atoms with E-state index in [2.05, 4.69) is 5.32 Å². The molecule has 214 valence electrons. The Bertz CT molecular complexity index is 658. The molecule has 0 aromatic rings. The third-order valence-electron chi connectivity index (χ3n) is 6.69. The minimum atomic E-state index is -0.171. The van der Waals surface area contributed by atoms with E-state index in [1.165, 1.54) is 44.9 Å². The van der Waals surface area contributed by atoms with Gasteiger partial charge < -0.3 is 10.4 Å². The molecule has 0 saturated heterocycles. The zero-order valence-corrected chi connectivity index (χ0v) is 23.6. The monoisotopic (exact) mass is 523 g/mol. The van der Waals surface area contributed by atoms with Crippen LogP contribution in [0.3, 0.4) is 0 Å². The Morgan fingerprint density at radius 2 is 0.919 bits per heavy atom. The van der Waals surface area contributed by atoms with Gasteiger partial charge in [0.15, 0.2) is 0 Å². The van der Waals surface area contributed by atoms with Crippen LogP contribution in [0.4, 0.5) is 0 Å². The lowest BCUT2D eigenvalue weighted by Gasteiger charge is -2.06. The first-order chi connectivity index (χ1) is 17.7. The van der Waals surface area contributed by atoms with Gasteiger partial charge in [0.05, 0.1) is 6.10 Å². The van der Waals surface area contributed by atoms with E-state index in [9.17, 15) is 29.1 Å². The maximum atomic E-state index is 12.0. The van der Waals surface area contributed by atoms with Crippen LogP contribution in [0.5, 0.6) is 0 Å². The zero-order valence-electron chi connectivity index (χ0n) is 23.6. The number of rotatable bonds is 27. The van der Waals surface area contributed by atoms with Crippen molar-refractivity contribution in [1.82, 2.24) is 5.32 Å². The van der Waals surface area contributed by atoms with Crippen molar-refractivity contribution in [2.45, 2.75) is 155 Å². The molecule has 0 aliphatic heterocycles. The summed E-state index contributed by atoms with van der Waals surface area (Å²) >= 11 is 0. The van der Waals surface area contributed by atoms with Crippen LogP contribution in [0.15, 0.2) is 0 Å². The van der Waals surface area contributed by atoms with Crippen molar-refractivity contribution in [1.29, 1.82) is 0 Å². The molecule has 1 atom stereocenters.